The van der Waals surface area contributed by atoms with E-state index in [0.29, 0.717) is 12.5 Å². The van der Waals surface area contributed by atoms with Gasteiger partial charge in [0.2, 0.25) is 5.91 Å². The first-order valence-electron chi connectivity index (χ1n) is 9.23. The lowest BCUT2D eigenvalue weighted by molar-refractivity contribution is -0.136. The van der Waals surface area contributed by atoms with Gasteiger partial charge in [0.15, 0.2) is 12.2 Å². The van der Waals surface area contributed by atoms with Gasteiger partial charge in [-0.05, 0) is 12.8 Å². The van der Waals surface area contributed by atoms with Gasteiger partial charge in [-0.3, -0.25) is 19.4 Å². The Labute approximate surface area is 153 Å². The number of amides is 4. The number of carbonyl (C=O) groups excluding carboxylic acids is 3. The lowest BCUT2D eigenvalue weighted by Gasteiger charge is -2.39. The second kappa shape index (κ2) is 6.22. The van der Waals surface area contributed by atoms with Gasteiger partial charge in [-0.25, -0.2) is 9.79 Å². The van der Waals surface area contributed by atoms with Crippen molar-refractivity contribution >= 4 is 23.7 Å². The van der Waals surface area contributed by atoms with E-state index in [1.807, 2.05) is 16.8 Å². The van der Waals surface area contributed by atoms with E-state index in [0.717, 1.165) is 44.9 Å². The molecule has 3 fully saturated rings. The Morgan fingerprint density at radius 3 is 2.31 bits per heavy atom. The van der Waals surface area contributed by atoms with Crippen LogP contribution in [0.4, 0.5) is 4.79 Å². The van der Waals surface area contributed by atoms with Crippen molar-refractivity contribution < 1.29 is 14.4 Å². The molecule has 0 aromatic rings. The summed E-state index contributed by atoms with van der Waals surface area (Å²) in [5, 5.41) is 0. The molecule has 26 heavy (non-hydrogen) atoms. The minimum atomic E-state index is -0.455. The molecular formula is C17H26N6O3. The van der Waals surface area contributed by atoms with Crippen LogP contribution in [0.15, 0.2) is 4.99 Å². The Bertz CT molecular complexity index is 667. The van der Waals surface area contributed by atoms with E-state index in [-0.39, 0.29) is 17.9 Å². The molecule has 9 heteroatoms. The second-order valence-corrected chi connectivity index (χ2v) is 7.68. The minimum Gasteiger partial charge on any atom is -0.347 e. The summed E-state index contributed by atoms with van der Waals surface area (Å²) in [6.07, 6.45) is 1.62. The van der Waals surface area contributed by atoms with Gasteiger partial charge in [-0.2, -0.15) is 0 Å². The van der Waals surface area contributed by atoms with Gasteiger partial charge >= 0.3 is 6.03 Å². The Balaban J connectivity index is 1.39. The number of hydrogen-bond donors (Lipinski definition) is 0. The fourth-order valence-electron chi connectivity index (χ4n) is 3.98. The predicted molar refractivity (Wildman–Crippen MR) is 94.4 cm³/mol. The number of rotatable bonds is 3. The molecule has 0 radical (unpaired) electrons. The summed E-state index contributed by atoms with van der Waals surface area (Å²) in [5.74, 6) is 1.19. The van der Waals surface area contributed by atoms with Crippen molar-refractivity contribution in [2.45, 2.75) is 25.0 Å². The molecule has 3 aliphatic heterocycles. The summed E-state index contributed by atoms with van der Waals surface area (Å²) >= 11 is 0. The standard InChI is InChI=1S/C17H26N6O3/c1-19-12(18-14-13(19)16(25)21(3)17(26)20(14)2)10-22-6-8-23(9-7-22)15(24)11-4-5-11/h11,13-14H,4-10H2,1-3H3. The highest BCUT2D eigenvalue weighted by Crippen LogP contribution is 2.31. The molecule has 4 rings (SSSR count). The average Bonchev–Trinajstić information content (AvgIpc) is 3.44. The fourth-order valence-corrected chi connectivity index (χ4v) is 3.98. The van der Waals surface area contributed by atoms with Gasteiger partial charge in [-0.1, -0.05) is 0 Å². The molecule has 4 amide bonds. The molecule has 0 aromatic heterocycles. The maximum absolute atomic E-state index is 12.5. The molecule has 2 atom stereocenters. The third-order valence-electron chi connectivity index (χ3n) is 5.93. The van der Waals surface area contributed by atoms with Crippen LogP contribution in [0.25, 0.3) is 0 Å². The van der Waals surface area contributed by atoms with Crippen LogP contribution in [-0.4, -0.2) is 114 Å². The molecule has 0 aromatic carbocycles. The zero-order chi connectivity index (χ0) is 18.6. The first-order chi connectivity index (χ1) is 12.4. The molecule has 142 valence electrons. The van der Waals surface area contributed by atoms with Gasteiger partial charge in [0.05, 0.1) is 6.54 Å². The number of aliphatic imine (C=N–C) groups is 1. The number of hydrogen-bond acceptors (Lipinski definition) is 6. The van der Waals surface area contributed by atoms with E-state index in [2.05, 4.69) is 9.89 Å². The van der Waals surface area contributed by atoms with Crippen LogP contribution in [0.1, 0.15) is 12.8 Å². The molecule has 0 spiro atoms. The second-order valence-electron chi connectivity index (χ2n) is 7.68. The third kappa shape index (κ3) is 2.74. The van der Waals surface area contributed by atoms with Crippen LogP contribution in [0.2, 0.25) is 0 Å². The fraction of sp³-hybridized carbons (Fsp3) is 0.765. The Morgan fingerprint density at radius 1 is 1.04 bits per heavy atom. The summed E-state index contributed by atoms with van der Waals surface area (Å²) in [5.41, 5.74) is 0. The number of fused-ring (bicyclic) bond motifs is 1. The van der Waals surface area contributed by atoms with Crippen molar-refractivity contribution in [1.82, 2.24) is 24.5 Å². The predicted octanol–water partition coefficient (Wildman–Crippen LogP) is -0.897. The summed E-state index contributed by atoms with van der Waals surface area (Å²) in [6, 6.07) is -0.766. The molecule has 0 bridgehead atoms. The summed E-state index contributed by atoms with van der Waals surface area (Å²) in [6.45, 7) is 3.75. The molecule has 2 unspecified atom stereocenters. The van der Waals surface area contributed by atoms with Crippen LogP contribution in [0.5, 0.6) is 0 Å². The van der Waals surface area contributed by atoms with E-state index < -0.39 is 12.2 Å². The quantitative estimate of drug-likeness (QED) is 0.650. The van der Waals surface area contributed by atoms with Crippen molar-refractivity contribution in [1.29, 1.82) is 0 Å². The van der Waals surface area contributed by atoms with E-state index in [1.165, 1.54) is 16.8 Å². The molecule has 1 aliphatic carbocycles. The van der Waals surface area contributed by atoms with Crippen LogP contribution in [-0.2, 0) is 9.59 Å². The maximum Gasteiger partial charge on any atom is 0.328 e. The summed E-state index contributed by atoms with van der Waals surface area (Å²) < 4.78 is 0. The van der Waals surface area contributed by atoms with E-state index in [4.69, 9.17) is 0 Å². The van der Waals surface area contributed by atoms with Crippen molar-refractivity contribution in [3.05, 3.63) is 0 Å². The number of urea groups is 1. The van der Waals surface area contributed by atoms with Crippen molar-refractivity contribution in [2.24, 2.45) is 10.9 Å². The van der Waals surface area contributed by atoms with E-state index >= 15 is 0 Å². The SMILES string of the molecule is CN1C(=O)C2C(N=C(CN3CCN(C(=O)C4CC4)CC3)N2C)N(C)C1=O. The summed E-state index contributed by atoms with van der Waals surface area (Å²) in [7, 11) is 5.07. The highest BCUT2D eigenvalue weighted by molar-refractivity contribution is 6.04. The summed E-state index contributed by atoms with van der Waals surface area (Å²) in [4.78, 5) is 50.3. The van der Waals surface area contributed by atoms with Gasteiger partial charge in [0, 0.05) is 53.2 Å². The third-order valence-corrected chi connectivity index (χ3v) is 5.93. The van der Waals surface area contributed by atoms with Crippen molar-refractivity contribution in [2.75, 3.05) is 53.9 Å². The zero-order valence-corrected chi connectivity index (χ0v) is 15.6. The van der Waals surface area contributed by atoms with Crippen LogP contribution in [0.3, 0.4) is 0 Å². The first-order valence-corrected chi connectivity index (χ1v) is 9.23. The first kappa shape index (κ1) is 17.3. The van der Waals surface area contributed by atoms with Gasteiger partial charge in [0.1, 0.15) is 5.84 Å². The molecule has 9 nitrogen and oxygen atoms in total. The topological polar surface area (TPSA) is 79.8 Å². The molecule has 0 N–H and O–H groups in total. The highest BCUT2D eigenvalue weighted by Gasteiger charge is 2.49. The van der Waals surface area contributed by atoms with E-state index in [9.17, 15) is 14.4 Å². The molecule has 2 saturated heterocycles. The van der Waals surface area contributed by atoms with Crippen LogP contribution in [0, 0.1) is 5.92 Å². The zero-order valence-electron chi connectivity index (χ0n) is 15.6. The van der Waals surface area contributed by atoms with Crippen LogP contribution >= 0.6 is 0 Å². The smallest absolute Gasteiger partial charge is 0.328 e. The van der Waals surface area contributed by atoms with Crippen LogP contribution < -0.4 is 0 Å². The minimum absolute atomic E-state index is 0.209. The Kier molecular flexibility index (Phi) is 4.13. The Hall–Kier alpha value is -2.16. The largest absolute Gasteiger partial charge is 0.347 e. The number of carbonyl (C=O) groups is 3. The number of imide groups is 1. The van der Waals surface area contributed by atoms with Gasteiger partial charge in [-0.15, -0.1) is 0 Å². The van der Waals surface area contributed by atoms with Crippen molar-refractivity contribution in [3.8, 4) is 0 Å². The van der Waals surface area contributed by atoms with Gasteiger partial charge < -0.3 is 14.7 Å². The van der Waals surface area contributed by atoms with Gasteiger partial charge in [0.25, 0.3) is 5.91 Å². The molecule has 4 aliphatic rings. The molecular weight excluding hydrogens is 336 g/mol. The number of nitrogens with zero attached hydrogens (tertiary/aromatic N) is 6. The van der Waals surface area contributed by atoms with E-state index in [1.54, 1.807) is 7.05 Å². The molecule has 1 saturated carbocycles. The number of likely N-dealkylation sites (N-methyl/N-ethyl adjacent to an activating group) is 3. The number of piperazine rings is 1. The Morgan fingerprint density at radius 2 is 1.69 bits per heavy atom. The normalized spacial score (nSPS) is 30.0. The van der Waals surface area contributed by atoms with Crippen molar-refractivity contribution in [3.63, 3.8) is 0 Å². The highest BCUT2D eigenvalue weighted by atomic mass is 16.2. The number of amidine groups is 1. The lowest BCUT2D eigenvalue weighted by Crippen LogP contribution is -2.63. The lowest BCUT2D eigenvalue weighted by atomic mass is 10.1. The molecule has 3 heterocycles. The monoisotopic (exact) mass is 362 g/mol. The maximum atomic E-state index is 12.5. The average molecular weight is 362 g/mol.